The number of amides is 3. The van der Waals surface area contributed by atoms with Crippen molar-refractivity contribution in [3.63, 3.8) is 0 Å². The van der Waals surface area contributed by atoms with Crippen molar-refractivity contribution >= 4 is 50.7 Å². The third-order valence-electron chi connectivity index (χ3n) is 5.86. The van der Waals surface area contributed by atoms with Crippen LogP contribution in [-0.4, -0.2) is 65.0 Å². The van der Waals surface area contributed by atoms with Crippen LogP contribution in [0.1, 0.15) is 46.6 Å². The van der Waals surface area contributed by atoms with Gasteiger partial charge in [0.05, 0.1) is 7.11 Å². The molecule has 0 saturated carbocycles. The molecule has 204 valence electrons. The van der Waals surface area contributed by atoms with Gasteiger partial charge in [-0.25, -0.2) is 9.59 Å². The molecule has 0 spiro atoms. The number of fused-ring (bicyclic) bond motifs is 1. The largest absolute Gasteiger partial charge is 0.467 e. The number of benzene rings is 1. The highest BCUT2D eigenvalue weighted by molar-refractivity contribution is 9.09. The lowest BCUT2D eigenvalue weighted by molar-refractivity contribution is -0.146. The Morgan fingerprint density at radius 2 is 1.68 bits per heavy atom. The normalized spacial score (nSPS) is 14.7. The van der Waals surface area contributed by atoms with Crippen LogP contribution in [0.15, 0.2) is 30.5 Å². The van der Waals surface area contributed by atoms with Gasteiger partial charge >= 0.3 is 12.1 Å². The van der Waals surface area contributed by atoms with Crippen LogP contribution in [0, 0.1) is 5.92 Å². The van der Waals surface area contributed by atoms with E-state index in [2.05, 4.69) is 36.9 Å². The Hall–Kier alpha value is -3.08. The number of halogens is 1. The highest BCUT2D eigenvalue weighted by atomic mass is 79.9. The second-order valence-electron chi connectivity index (χ2n) is 9.87. The van der Waals surface area contributed by atoms with Crippen molar-refractivity contribution in [1.29, 1.82) is 0 Å². The van der Waals surface area contributed by atoms with E-state index in [0.717, 1.165) is 16.5 Å². The molecular weight excluding hydrogens is 544 g/mol. The highest BCUT2D eigenvalue weighted by Gasteiger charge is 2.32. The lowest BCUT2D eigenvalue weighted by atomic mass is 9.99. The summed E-state index contributed by atoms with van der Waals surface area (Å²) >= 11 is 3.27. The van der Waals surface area contributed by atoms with Gasteiger partial charge in [0, 0.05) is 28.9 Å². The fourth-order valence-corrected chi connectivity index (χ4v) is 4.13. The Bertz CT molecular complexity index is 1100. The van der Waals surface area contributed by atoms with Crippen molar-refractivity contribution in [3.05, 3.63) is 36.0 Å². The van der Waals surface area contributed by atoms with Gasteiger partial charge < -0.3 is 30.4 Å². The van der Waals surface area contributed by atoms with E-state index in [0.29, 0.717) is 6.42 Å². The van der Waals surface area contributed by atoms with Gasteiger partial charge in [-0.2, -0.15) is 0 Å². The van der Waals surface area contributed by atoms with Gasteiger partial charge in [-0.1, -0.05) is 54.4 Å². The Morgan fingerprint density at radius 3 is 2.27 bits per heavy atom. The van der Waals surface area contributed by atoms with Gasteiger partial charge in [0.2, 0.25) is 11.8 Å². The number of para-hydroxylation sites is 1. The molecule has 1 aromatic heterocycles. The van der Waals surface area contributed by atoms with Crippen LogP contribution >= 0.6 is 15.9 Å². The number of nitrogens with one attached hydrogen (secondary N) is 4. The molecule has 37 heavy (non-hydrogen) atoms. The number of ether oxygens (including phenoxy) is 2. The zero-order chi connectivity index (χ0) is 27.8. The zero-order valence-electron chi connectivity index (χ0n) is 22.1. The first-order chi connectivity index (χ1) is 17.4. The van der Waals surface area contributed by atoms with Crippen LogP contribution in [0.5, 0.6) is 0 Å². The number of H-pyrrole nitrogens is 1. The van der Waals surface area contributed by atoms with E-state index in [4.69, 9.17) is 9.47 Å². The SMILES string of the molecule is CCC(C)[C@H](NC(=O)[C@H](CBr)NC(=O)[C@H](Cc1c[nH]c2ccccc12)NC(=O)OC(C)(C)C)C(=O)OC. The number of esters is 1. The molecule has 1 unspecified atom stereocenters. The summed E-state index contributed by atoms with van der Waals surface area (Å²) in [5.41, 5.74) is 0.947. The second-order valence-corrected chi connectivity index (χ2v) is 10.5. The van der Waals surface area contributed by atoms with E-state index in [-0.39, 0.29) is 17.7 Å². The number of aromatic amines is 1. The zero-order valence-corrected chi connectivity index (χ0v) is 23.7. The van der Waals surface area contributed by atoms with Gasteiger partial charge in [0.1, 0.15) is 23.7 Å². The maximum absolute atomic E-state index is 13.4. The van der Waals surface area contributed by atoms with Crippen LogP contribution in [0.25, 0.3) is 10.9 Å². The number of carbonyl (C=O) groups excluding carboxylic acids is 4. The van der Waals surface area contributed by atoms with E-state index in [1.807, 2.05) is 38.1 Å². The second kappa shape index (κ2) is 13.5. The molecule has 2 aromatic rings. The summed E-state index contributed by atoms with van der Waals surface area (Å²) < 4.78 is 10.2. The fourth-order valence-electron chi connectivity index (χ4n) is 3.68. The molecule has 0 aliphatic carbocycles. The van der Waals surface area contributed by atoms with Crippen LogP contribution < -0.4 is 16.0 Å². The molecule has 0 aliphatic rings. The molecule has 0 radical (unpaired) electrons. The van der Waals surface area contributed by atoms with Crippen LogP contribution in [0.4, 0.5) is 4.79 Å². The van der Waals surface area contributed by atoms with E-state index in [1.54, 1.807) is 27.0 Å². The third-order valence-corrected chi connectivity index (χ3v) is 6.51. The molecule has 10 nitrogen and oxygen atoms in total. The molecule has 0 bridgehead atoms. The van der Waals surface area contributed by atoms with E-state index < -0.39 is 47.6 Å². The van der Waals surface area contributed by atoms with Crippen molar-refractivity contribution in [3.8, 4) is 0 Å². The number of carbonyl (C=O) groups is 4. The summed E-state index contributed by atoms with van der Waals surface area (Å²) in [7, 11) is 1.26. The smallest absolute Gasteiger partial charge is 0.408 e. The summed E-state index contributed by atoms with van der Waals surface area (Å²) in [4.78, 5) is 54.3. The predicted octanol–water partition coefficient (Wildman–Crippen LogP) is 3.19. The molecule has 0 saturated heterocycles. The van der Waals surface area contributed by atoms with Crippen LogP contribution in [-0.2, 0) is 30.3 Å². The molecule has 0 fully saturated rings. The molecule has 0 aliphatic heterocycles. The highest BCUT2D eigenvalue weighted by Crippen LogP contribution is 2.20. The van der Waals surface area contributed by atoms with Crippen molar-refractivity contribution < 1.29 is 28.7 Å². The molecule has 1 aromatic carbocycles. The molecule has 4 atom stereocenters. The first kappa shape index (κ1) is 30.1. The number of methoxy groups -OCH3 is 1. The van der Waals surface area contributed by atoms with E-state index >= 15 is 0 Å². The van der Waals surface area contributed by atoms with Gasteiger partial charge in [0.15, 0.2) is 0 Å². The summed E-state index contributed by atoms with van der Waals surface area (Å²) in [6.07, 6.45) is 1.82. The average molecular weight is 582 g/mol. The monoisotopic (exact) mass is 580 g/mol. The van der Waals surface area contributed by atoms with Crippen molar-refractivity contribution in [1.82, 2.24) is 20.9 Å². The van der Waals surface area contributed by atoms with Crippen molar-refractivity contribution in [2.24, 2.45) is 5.92 Å². The number of alkyl halides is 1. The number of rotatable bonds is 11. The molecule has 11 heteroatoms. The topological polar surface area (TPSA) is 139 Å². The van der Waals surface area contributed by atoms with Gasteiger partial charge in [-0.05, 0) is 38.3 Å². The van der Waals surface area contributed by atoms with E-state index in [1.165, 1.54) is 7.11 Å². The van der Waals surface area contributed by atoms with Crippen molar-refractivity contribution in [2.75, 3.05) is 12.4 Å². The summed E-state index contributed by atoms with van der Waals surface area (Å²) in [5.74, 6) is -1.87. The minimum absolute atomic E-state index is 0.0885. The summed E-state index contributed by atoms with van der Waals surface area (Å²) in [6.45, 7) is 8.89. The van der Waals surface area contributed by atoms with Crippen molar-refractivity contribution in [2.45, 2.75) is 71.2 Å². The number of aromatic nitrogens is 1. The lowest BCUT2D eigenvalue weighted by Crippen LogP contribution is -2.58. The number of alkyl carbamates (subject to hydrolysis) is 1. The first-order valence-corrected chi connectivity index (χ1v) is 13.3. The Labute approximate surface area is 225 Å². The molecule has 4 N–H and O–H groups in total. The van der Waals surface area contributed by atoms with Crippen LogP contribution in [0.3, 0.4) is 0 Å². The molecule has 3 amide bonds. The van der Waals surface area contributed by atoms with Crippen LogP contribution in [0.2, 0.25) is 0 Å². The maximum atomic E-state index is 13.4. The molecule has 1 heterocycles. The predicted molar refractivity (Wildman–Crippen MR) is 144 cm³/mol. The fraction of sp³-hybridized carbons (Fsp3) is 0.538. The molecular formula is C26H37BrN4O6. The maximum Gasteiger partial charge on any atom is 0.408 e. The lowest BCUT2D eigenvalue weighted by Gasteiger charge is -2.26. The quantitative estimate of drug-likeness (QED) is 0.238. The Balaban J connectivity index is 2.24. The van der Waals surface area contributed by atoms with E-state index in [9.17, 15) is 19.2 Å². The molecule has 2 rings (SSSR count). The Morgan fingerprint density at radius 1 is 1.03 bits per heavy atom. The van der Waals surface area contributed by atoms with Gasteiger partial charge in [-0.3, -0.25) is 9.59 Å². The number of hydrogen-bond donors (Lipinski definition) is 4. The van der Waals surface area contributed by atoms with Gasteiger partial charge in [-0.15, -0.1) is 0 Å². The standard InChI is InChI=1S/C26H37BrN4O6/c1-7-15(2)21(24(34)36-6)31-23(33)20(13-27)29-22(32)19(30-25(35)37-26(3,4)5)12-16-14-28-18-11-9-8-10-17(16)18/h8-11,14-15,19-21,28H,7,12-13H2,1-6H3,(H,29,32)(H,30,35)(H,31,33)/t15?,19-,20-,21-/m0/s1. The minimum Gasteiger partial charge on any atom is -0.467 e. The average Bonchev–Trinajstić information content (AvgIpc) is 3.25. The third kappa shape index (κ3) is 8.77. The minimum atomic E-state index is -1.03. The Kier molecular flexibility index (Phi) is 11.0. The first-order valence-electron chi connectivity index (χ1n) is 12.2. The summed E-state index contributed by atoms with van der Waals surface area (Å²) in [6, 6.07) is 4.71. The number of hydrogen-bond acceptors (Lipinski definition) is 6. The summed E-state index contributed by atoms with van der Waals surface area (Å²) in [5, 5.41) is 9.00. The van der Waals surface area contributed by atoms with Gasteiger partial charge in [0.25, 0.3) is 0 Å².